The van der Waals surface area contributed by atoms with E-state index in [9.17, 15) is 0 Å². The van der Waals surface area contributed by atoms with Crippen molar-refractivity contribution < 1.29 is 18.6 Å². The summed E-state index contributed by atoms with van der Waals surface area (Å²) in [4.78, 5) is 0. The van der Waals surface area contributed by atoms with Gasteiger partial charge in [0.15, 0.2) is 0 Å². The zero-order chi connectivity index (χ0) is 24.2. The van der Waals surface area contributed by atoms with Gasteiger partial charge in [0.2, 0.25) is 0 Å². The zero-order valence-electron chi connectivity index (χ0n) is 21.8. The molecule has 2 aromatic rings. The van der Waals surface area contributed by atoms with Crippen molar-refractivity contribution in [2.75, 3.05) is 0 Å². The summed E-state index contributed by atoms with van der Waals surface area (Å²) in [6.07, 6.45) is 0. The maximum atomic E-state index is 6.55. The van der Waals surface area contributed by atoms with Crippen LogP contribution in [-0.4, -0.2) is 36.6 Å². The van der Waals surface area contributed by atoms with E-state index < -0.39 is 36.6 Å². The molecule has 0 radical (unpaired) electrons. The maximum absolute atomic E-state index is 6.55. The van der Waals surface area contributed by atoms with Crippen molar-refractivity contribution in [3.63, 3.8) is 0 Å². The van der Waals surface area contributed by atoms with Gasteiger partial charge in [-0.15, -0.1) is 0 Å². The first-order valence-corrected chi connectivity index (χ1v) is 12.1. The van der Waals surface area contributed by atoms with Crippen LogP contribution in [0.4, 0.5) is 0 Å². The summed E-state index contributed by atoms with van der Waals surface area (Å²) in [5.74, 6) is 0. The lowest BCUT2D eigenvalue weighted by Gasteiger charge is -2.32. The Bertz CT molecular complexity index is 1100. The average Bonchev–Trinajstić information content (AvgIpc) is 3.16. The SMILES string of the molecule is CC1(C)c2ccccc2-c2c(B3OC(C)(C)C(C)(C)O3)cc(B3OC(C)(C)C(C)(C)O3)cc21. The van der Waals surface area contributed by atoms with E-state index in [1.807, 2.05) is 0 Å². The van der Waals surface area contributed by atoms with Gasteiger partial charge in [0, 0.05) is 5.41 Å². The van der Waals surface area contributed by atoms with E-state index in [0.29, 0.717) is 0 Å². The molecule has 2 saturated heterocycles. The van der Waals surface area contributed by atoms with Crippen molar-refractivity contribution in [3.8, 4) is 11.1 Å². The molecule has 2 aromatic carbocycles. The Kier molecular flexibility index (Phi) is 4.74. The smallest absolute Gasteiger partial charge is 0.399 e. The van der Waals surface area contributed by atoms with Crippen molar-refractivity contribution in [1.29, 1.82) is 0 Å². The molecule has 0 amide bonds. The summed E-state index contributed by atoms with van der Waals surface area (Å²) in [5, 5.41) is 0. The third-order valence-electron chi connectivity index (χ3n) is 8.77. The fourth-order valence-corrected chi connectivity index (χ4v) is 5.14. The molecule has 0 unspecified atom stereocenters. The van der Waals surface area contributed by atoms with E-state index in [1.54, 1.807) is 0 Å². The lowest BCUT2D eigenvalue weighted by atomic mass is 9.67. The van der Waals surface area contributed by atoms with Gasteiger partial charge < -0.3 is 18.6 Å². The number of rotatable bonds is 2. The van der Waals surface area contributed by atoms with Gasteiger partial charge >= 0.3 is 14.2 Å². The topological polar surface area (TPSA) is 36.9 Å². The Morgan fingerprint density at radius 3 is 1.61 bits per heavy atom. The summed E-state index contributed by atoms with van der Waals surface area (Å²) in [7, 11) is -0.908. The van der Waals surface area contributed by atoms with Crippen molar-refractivity contribution in [1.82, 2.24) is 0 Å². The molecule has 4 nitrogen and oxygen atoms in total. The van der Waals surface area contributed by atoms with Crippen LogP contribution in [0.2, 0.25) is 0 Å². The van der Waals surface area contributed by atoms with Gasteiger partial charge in [0.1, 0.15) is 0 Å². The van der Waals surface area contributed by atoms with Gasteiger partial charge in [0.25, 0.3) is 0 Å². The highest BCUT2D eigenvalue weighted by atomic mass is 16.7. The molecule has 2 heterocycles. The summed E-state index contributed by atoms with van der Waals surface area (Å²) < 4.78 is 26.0. The van der Waals surface area contributed by atoms with Gasteiger partial charge in [-0.1, -0.05) is 50.2 Å². The minimum atomic E-state index is -0.465. The molecule has 2 aliphatic heterocycles. The fourth-order valence-electron chi connectivity index (χ4n) is 5.14. The Balaban J connectivity index is 1.71. The van der Waals surface area contributed by atoms with E-state index in [-0.39, 0.29) is 5.41 Å². The third-order valence-corrected chi connectivity index (χ3v) is 8.77. The van der Waals surface area contributed by atoms with Gasteiger partial charge in [-0.25, -0.2) is 0 Å². The van der Waals surface area contributed by atoms with E-state index in [0.717, 1.165) is 10.9 Å². The second-order valence-corrected chi connectivity index (χ2v) is 12.4. The van der Waals surface area contributed by atoms with Gasteiger partial charge in [-0.05, 0) is 88.6 Å². The molecule has 33 heavy (non-hydrogen) atoms. The summed E-state index contributed by atoms with van der Waals surface area (Å²) >= 11 is 0. The molecule has 0 bridgehead atoms. The Morgan fingerprint density at radius 2 is 1.06 bits per heavy atom. The third kappa shape index (κ3) is 3.21. The number of hydrogen-bond donors (Lipinski definition) is 0. The van der Waals surface area contributed by atoms with Crippen LogP contribution < -0.4 is 10.9 Å². The highest BCUT2D eigenvalue weighted by Gasteiger charge is 2.55. The van der Waals surface area contributed by atoms with E-state index in [4.69, 9.17) is 18.6 Å². The molecule has 0 atom stereocenters. The van der Waals surface area contributed by atoms with Crippen LogP contribution in [0.25, 0.3) is 11.1 Å². The van der Waals surface area contributed by atoms with Gasteiger partial charge in [-0.2, -0.15) is 0 Å². The Labute approximate surface area is 199 Å². The molecule has 0 spiro atoms. The van der Waals surface area contributed by atoms with Crippen LogP contribution in [-0.2, 0) is 24.0 Å². The molecular weight excluding hydrogens is 410 g/mol. The van der Waals surface area contributed by atoms with E-state index in [1.165, 1.54) is 22.3 Å². The number of fused-ring (bicyclic) bond motifs is 3. The van der Waals surface area contributed by atoms with Gasteiger partial charge in [0.05, 0.1) is 22.4 Å². The molecule has 2 fully saturated rings. The zero-order valence-corrected chi connectivity index (χ0v) is 21.8. The van der Waals surface area contributed by atoms with Gasteiger partial charge in [-0.3, -0.25) is 0 Å². The predicted octanol–water partition coefficient (Wildman–Crippen LogP) is 4.59. The van der Waals surface area contributed by atoms with Crippen LogP contribution in [0.3, 0.4) is 0 Å². The largest absolute Gasteiger partial charge is 0.495 e. The first kappa shape index (κ1) is 23.2. The monoisotopic (exact) mass is 446 g/mol. The lowest BCUT2D eigenvalue weighted by molar-refractivity contribution is 0.00578. The van der Waals surface area contributed by atoms with Crippen molar-refractivity contribution in [3.05, 3.63) is 47.5 Å². The Morgan fingerprint density at radius 1 is 0.576 bits per heavy atom. The first-order chi connectivity index (χ1) is 15.1. The van der Waals surface area contributed by atoms with E-state index >= 15 is 0 Å². The highest BCUT2D eigenvalue weighted by molar-refractivity contribution is 6.67. The minimum absolute atomic E-state index is 0.149. The second kappa shape index (κ2) is 6.75. The van der Waals surface area contributed by atoms with Crippen molar-refractivity contribution in [2.45, 2.75) is 97.1 Å². The Hall–Kier alpha value is -1.59. The number of benzene rings is 2. The number of hydrogen-bond acceptors (Lipinski definition) is 4. The minimum Gasteiger partial charge on any atom is -0.399 e. The van der Waals surface area contributed by atoms with Crippen LogP contribution in [0.1, 0.15) is 80.4 Å². The predicted molar refractivity (Wildman–Crippen MR) is 135 cm³/mol. The summed E-state index contributed by atoms with van der Waals surface area (Å²) in [6, 6.07) is 13.1. The highest BCUT2D eigenvalue weighted by Crippen LogP contribution is 2.49. The average molecular weight is 446 g/mol. The standard InChI is InChI=1S/C27H36B2O4/c1-23(2)19-14-12-11-13-18(19)22-20(23)15-17(28-30-24(3,4)25(5,6)31-28)16-21(22)29-32-26(7,8)27(9,10)33-29/h11-16H,1-10H3. The van der Waals surface area contributed by atoms with E-state index in [2.05, 4.69) is 106 Å². The normalized spacial score (nSPS) is 25.3. The molecule has 174 valence electrons. The maximum Gasteiger partial charge on any atom is 0.495 e. The first-order valence-electron chi connectivity index (χ1n) is 12.1. The molecule has 5 rings (SSSR count). The second-order valence-electron chi connectivity index (χ2n) is 12.4. The van der Waals surface area contributed by atoms with Crippen LogP contribution in [0.5, 0.6) is 0 Å². The molecule has 0 aromatic heterocycles. The molecule has 1 aliphatic carbocycles. The summed E-state index contributed by atoms with van der Waals surface area (Å²) in [5.41, 5.74) is 5.33. The quantitative estimate of drug-likeness (QED) is 0.633. The molecule has 6 heteroatoms. The molecule has 3 aliphatic rings. The van der Waals surface area contributed by atoms with Crippen LogP contribution in [0, 0.1) is 0 Å². The fraction of sp³-hybridized carbons (Fsp3) is 0.556. The van der Waals surface area contributed by atoms with Crippen LogP contribution in [0.15, 0.2) is 36.4 Å². The van der Waals surface area contributed by atoms with Crippen LogP contribution >= 0.6 is 0 Å². The van der Waals surface area contributed by atoms with Crippen molar-refractivity contribution in [2.24, 2.45) is 0 Å². The van der Waals surface area contributed by atoms with Crippen molar-refractivity contribution >= 4 is 25.2 Å². The molecular formula is C27H36B2O4. The summed E-state index contributed by atoms with van der Waals surface area (Å²) in [6.45, 7) is 21.4. The lowest BCUT2D eigenvalue weighted by Crippen LogP contribution is -2.43. The molecule has 0 saturated carbocycles. The molecule has 0 N–H and O–H groups in total.